The average Bonchev–Trinajstić information content (AvgIpc) is 3.08. The molecule has 10 heteroatoms. The van der Waals surface area contributed by atoms with Crippen molar-refractivity contribution in [2.24, 2.45) is 0 Å². The van der Waals surface area contributed by atoms with Gasteiger partial charge in [-0.25, -0.2) is 0 Å². The van der Waals surface area contributed by atoms with E-state index in [0.717, 1.165) is 0 Å². The van der Waals surface area contributed by atoms with Gasteiger partial charge in [0.15, 0.2) is 0 Å². The molecule has 9 nitrogen and oxygen atoms in total. The fourth-order valence-electron chi connectivity index (χ4n) is 4.66. The van der Waals surface area contributed by atoms with Crippen LogP contribution in [0.25, 0.3) is 11.0 Å². The minimum absolute atomic E-state index is 0.194. The second-order valence-corrected chi connectivity index (χ2v) is 12.3. The van der Waals surface area contributed by atoms with Crippen LogP contribution in [0.5, 0.6) is 0 Å². The Balaban J connectivity index is 1.57. The molecule has 2 fully saturated rings. The van der Waals surface area contributed by atoms with E-state index in [1.807, 2.05) is 27.7 Å². The van der Waals surface area contributed by atoms with E-state index in [4.69, 9.17) is 15.0 Å². The number of nitrogens with zero attached hydrogens (tertiary/aromatic N) is 3. The fraction of sp³-hybridized carbons (Fsp3) is 0.700. The molecule has 2 aromatic heterocycles. The SMILES string of the molecule is CCC(CC)(C[C@H]1OC(n2ccc3c(N)ncnc32)[C@H](O)[C@@H]1O)O[PH]1(O)C(C)C1C. The van der Waals surface area contributed by atoms with E-state index in [0.29, 0.717) is 36.1 Å². The molecule has 0 aliphatic carbocycles. The molecule has 0 radical (unpaired) electrons. The summed E-state index contributed by atoms with van der Waals surface area (Å²) in [6.07, 6.45) is 1.19. The molecule has 2 aromatic rings. The van der Waals surface area contributed by atoms with E-state index in [1.54, 1.807) is 16.8 Å². The van der Waals surface area contributed by atoms with Crippen LogP contribution < -0.4 is 5.73 Å². The van der Waals surface area contributed by atoms with E-state index < -0.39 is 37.9 Å². The van der Waals surface area contributed by atoms with Gasteiger partial charge in [-0.3, -0.25) is 0 Å². The fourth-order valence-corrected chi connectivity index (χ4v) is 7.96. The predicted molar refractivity (Wildman–Crippen MR) is 116 cm³/mol. The zero-order valence-electron chi connectivity index (χ0n) is 17.9. The van der Waals surface area contributed by atoms with Crippen LogP contribution in [0.1, 0.15) is 53.2 Å². The standard InChI is InChI=1S/C20H33N4O5P/c1-5-20(6-2,29-30(27)11(3)12(30)4)9-14-15(25)16(26)19(28-14)24-8-7-13-17(21)22-10-23-18(13)24/h7-8,10-12,14-16,19,25-27,30H,5-6,9H2,1-4H3,(H2,21,22,23)/t11?,12?,14-,15-,16-,19?/m1/s1. The summed E-state index contributed by atoms with van der Waals surface area (Å²) < 4.78 is 14.2. The normalized spacial score (nSPS) is 34.4. The first-order chi connectivity index (χ1) is 14.2. The minimum atomic E-state index is -2.75. The number of nitrogens with two attached hydrogens (primary N) is 1. The van der Waals surface area contributed by atoms with Crippen molar-refractivity contribution >= 4 is 24.6 Å². The maximum absolute atomic E-state index is 10.9. The number of fused-ring (bicyclic) bond motifs is 1. The van der Waals surface area contributed by atoms with Crippen molar-refractivity contribution < 1.29 is 24.4 Å². The van der Waals surface area contributed by atoms with E-state index in [-0.39, 0.29) is 11.3 Å². The summed E-state index contributed by atoms with van der Waals surface area (Å²) in [7, 11) is -2.75. The molecular weight excluding hydrogens is 407 g/mol. The van der Waals surface area contributed by atoms with Gasteiger partial charge in [0.05, 0.1) is 0 Å². The quantitative estimate of drug-likeness (QED) is 0.480. The first-order valence-corrected chi connectivity index (χ1v) is 12.7. The molecule has 0 spiro atoms. The first kappa shape index (κ1) is 21.9. The third-order valence-electron chi connectivity index (χ3n) is 7.34. The summed E-state index contributed by atoms with van der Waals surface area (Å²) in [4.78, 5) is 19.2. The van der Waals surface area contributed by atoms with Gasteiger partial charge in [-0.1, -0.05) is 0 Å². The van der Waals surface area contributed by atoms with Crippen LogP contribution in [0.15, 0.2) is 18.6 Å². The number of hydrogen-bond donors (Lipinski definition) is 4. The Labute approximate surface area is 176 Å². The molecule has 0 amide bonds. The summed E-state index contributed by atoms with van der Waals surface area (Å²) in [6, 6.07) is 1.77. The van der Waals surface area contributed by atoms with Gasteiger partial charge in [-0.15, -0.1) is 0 Å². The van der Waals surface area contributed by atoms with Gasteiger partial charge in [0, 0.05) is 0 Å². The Morgan fingerprint density at radius 3 is 2.47 bits per heavy atom. The molecule has 30 heavy (non-hydrogen) atoms. The third-order valence-corrected chi connectivity index (χ3v) is 11.3. The molecular formula is C20H33N4O5P. The van der Waals surface area contributed by atoms with Crippen molar-refractivity contribution in [2.45, 2.75) is 88.4 Å². The molecule has 6 atom stereocenters. The summed E-state index contributed by atoms with van der Waals surface area (Å²) in [5.41, 5.74) is 6.23. The van der Waals surface area contributed by atoms with Crippen molar-refractivity contribution in [2.75, 3.05) is 5.73 Å². The van der Waals surface area contributed by atoms with Gasteiger partial charge in [-0.2, -0.15) is 0 Å². The number of hydrogen-bond acceptors (Lipinski definition) is 8. The van der Waals surface area contributed by atoms with Crippen molar-refractivity contribution in [1.82, 2.24) is 14.5 Å². The van der Waals surface area contributed by atoms with E-state index >= 15 is 0 Å². The van der Waals surface area contributed by atoms with Gasteiger partial charge < -0.3 is 0 Å². The van der Waals surface area contributed by atoms with Gasteiger partial charge in [0.1, 0.15) is 0 Å². The summed E-state index contributed by atoms with van der Waals surface area (Å²) >= 11 is 0. The maximum atomic E-state index is 10.9. The van der Waals surface area contributed by atoms with E-state index in [9.17, 15) is 15.1 Å². The number of rotatable bonds is 7. The average molecular weight is 440 g/mol. The Morgan fingerprint density at radius 1 is 1.20 bits per heavy atom. The summed E-state index contributed by atoms with van der Waals surface area (Å²) in [6.45, 7) is 8.09. The van der Waals surface area contributed by atoms with Gasteiger partial charge in [0.2, 0.25) is 0 Å². The van der Waals surface area contributed by atoms with Gasteiger partial charge >= 0.3 is 176 Å². The van der Waals surface area contributed by atoms with Crippen LogP contribution in [-0.4, -0.2) is 64.9 Å². The molecule has 4 heterocycles. The van der Waals surface area contributed by atoms with Crippen molar-refractivity contribution in [1.29, 1.82) is 0 Å². The number of aliphatic hydroxyl groups excluding tert-OH is 2. The monoisotopic (exact) mass is 440 g/mol. The van der Waals surface area contributed by atoms with Crippen molar-refractivity contribution in [3.63, 3.8) is 0 Å². The van der Waals surface area contributed by atoms with Crippen LogP contribution in [0.4, 0.5) is 5.82 Å². The Kier molecular flexibility index (Phi) is 5.58. The zero-order valence-corrected chi connectivity index (χ0v) is 18.9. The first-order valence-electron chi connectivity index (χ1n) is 10.7. The molecule has 3 unspecified atom stereocenters. The Morgan fingerprint density at radius 2 is 1.87 bits per heavy atom. The molecule has 0 saturated carbocycles. The van der Waals surface area contributed by atoms with E-state index in [1.165, 1.54) is 6.33 Å². The molecule has 0 bridgehead atoms. The van der Waals surface area contributed by atoms with Gasteiger partial charge in [0.25, 0.3) is 0 Å². The molecule has 2 aliphatic heterocycles. The zero-order chi connectivity index (χ0) is 21.8. The number of anilines is 1. The second-order valence-electron chi connectivity index (χ2n) is 8.79. The number of nitrogen functional groups attached to an aromatic ring is 1. The van der Waals surface area contributed by atoms with Crippen LogP contribution in [-0.2, 0) is 9.26 Å². The number of ether oxygens (including phenoxy) is 1. The second kappa shape index (κ2) is 7.65. The van der Waals surface area contributed by atoms with Crippen molar-refractivity contribution in [3.05, 3.63) is 18.6 Å². The molecule has 168 valence electrons. The third kappa shape index (κ3) is 3.32. The molecule has 2 aliphatic rings. The topological polar surface area (TPSA) is 136 Å². The summed E-state index contributed by atoms with van der Waals surface area (Å²) in [5.74, 6) is 0.346. The van der Waals surface area contributed by atoms with Crippen LogP contribution >= 0.6 is 7.72 Å². The molecule has 2 saturated heterocycles. The van der Waals surface area contributed by atoms with Crippen LogP contribution in [0.3, 0.4) is 0 Å². The van der Waals surface area contributed by atoms with Crippen molar-refractivity contribution in [3.8, 4) is 0 Å². The Bertz CT molecular complexity index is 912. The predicted octanol–water partition coefficient (Wildman–Crippen LogP) is 1.96. The molecule has 4 rings (SSSR count). The van der Waals surface area contributed by atoms with Crippen LogP contribution in [0, 0.1) is 0 Å². The van der Waals surface area contributed by atoms with Crippen LogP contribution in [0.2, 0.25) is 0 Å². The van der Waals surface area contributed by atoms with E-state index in [2.05, 4.69) is 9.97 Å². The Hall–Kier alpha value is -1.35. The summed E-state index contributed by atoms with van der Waals surface area (Å²) in [5, 5.41) is 22.2. The molecule has 0 aromatic carbocycles. The molecule has 5 N–H and O–H groups in total. The number of aromatic nitrogens is 3. The van der Waals surface area contributed by atoms with Gasteiger partial charge in [-0.05, 0) is 0 Å². The number of aliphatic hydroxyl groups is 2.